The number of benzene rings is 2. The summed E-state index contributed by atoms with van der Waals surface area (Å²) in [5.74, 6) is 0.391. The van der Waals surface area contributed by atoms with Crippen LogP contribution in [0.25, 0.3) is 0 Å². The number of aromatic nitrogens is 2. The van der Waals surface area contributed by atoms with Crippen LogP contribution in [0.3, 0.4) is 0 Å². The van der Waals surface area contributed by atoms with Crippen molar-refractivity contribution in [3.63, 3.8) is 0 Å². The van der Waals surface area contributed by atoms with Crippen LogP contribution in [0.1, 0.15) is 23.7 Å². The van der Waals surface area contributed by atoms with Gasteiger partial charge in [0.15, 0.2) is 5.82 Å². The Balaban J connectivity index is 1.72. The molecule has 35 heavy (non-hydrogen) atoms. The van der Waals surface area contributed by atoms with Crippen LogP contribution in [-0.2, 0) is 28.2 Å². The normalized spacial score (nSPS) is 12.0. The molecule has 1 aromatic heterocycles. The Kier molecular flexibility index (Phi) is 8.63. The molecule has 0 unspecified atom stereocenters. The summed E-state index contributed by atoms with van der Waals surface area (Å²) in [6.45, 7) is 1.80. The third-order valence-corrected chi connectivity index (χ3v) is 5.73. The predicted molar refractivity (Wildman–Crippen MR) is 124 cm³/mol. The lowest BCUT2D eigenvalue weighted by atomic mass is 10.1. The fourth-order valence-corrected chi connectivity index (χ4v) is 3.93. The van der Waals surface area contributed by atoms with Crippen molar-refractivity contribution < 1.29 is 36.9 Å². The first-order valence-electron chi connectivity index (χ1n) is 10.0. The molecule has 1 heterocycles. The van der Waals surface area contributed by atoms with E-state index in [0.717, 1.165) is 28.8 Å². The van der Waals surface area contributed by atoms with Gasteiger partial charge in [0, 0.05) is 0 Å². The van der Waals surface area contributed by atoms with E-state index in [-0.39, 0.29) is 34.6 Å². The maximum atomic E-state index is 12.8. The SMILES string of the molecule is CCc1ncnc(N(CCc2ccc(Oc3ccc(C(F)(F)F)cc3Cl)cc2)OP(=O)(O)O)c1Cl. The van der Waals surface area contributed by atoms with Crippen LogP contribution in [0.4, 0.5) is 19.0 Å². The zero-order valence-electron chi connectivity index (χ0n) is 18.0. The van der Waals surface area contributed by atoms with Crippen molar-refractivity contribution in [1.29, 1.82) is 0 Å². The Morgan fingerprint density at radius 3 is 2.34 bits per heavy atom. The number of nitrogens with zero attached hydrogens (tertiary/aromatic N) is 3. The molecule has 0 atom stereocenters. The summed E-state index contributed by atoms with van der Waals surface area (Å²) >= 11 is 12.2. The Bertz CT molecular complexity index is 1230. The fraction of sp³-hybridized carbons (Fsp3) is 0.238. The maximum Gasteiger partial charge on any atom is 0.491 e. The average molecular weight is 552 g/mol. The summed E-state index contributed by atoms with van der Waals surface area (Å²) in [7, 11) is -4.91. The Morgan fingerprint density at radius 2 is 1.77 bits per heavy atom. The van der Waals surface area contributed by atoms with Gasteiger partial charge in [-0.2, -0.15) is 17.8 Å². The van der Waals surface area contributed by atoms with Crippen molar-refractivity contribution in [2.24, 2.45) is 0 Å². The summed E-state index contributed by atoms with van der Waals surface area (Å²) in [6, 6.07) is 9.27. The summed E-state index contributed by atoms with van der Waals surface area (Å²) in [5.41, 5.74) is 0.331. The molecule has 0 amide bonds. The minimum absolute atomic E-state index is 0.0127. The number of anilines is 1. The third-order valence-electron chi connectivity index (χ3n) is 4.63. The predicted octanol–water partition coefficient (Wildman–Crippen LogP) is 6.23. The molecule has 0 fully saturated rings. The van der Waals surface area contributed by atoms with Gasteiger partial charge in [-0.05, 0) is 48.7 Å². The van der Waals surface area contributed by atoms with Crippen molar-refractivity contribution >= 4 is 36.8 Å². The van der Waals surface area contributed by atoms with E-state index in [0.29, 0.717) is 17.9 Å². The molecule has 0 saturated carbocycles. The second-order valence-corrected chi connectivity index (χ2v) is 9.05. The van der Waals surface area contributed by atoms with Crippen molar-refractivity contribution in [2.45, 2.75) is 25.9 Å². The van der Waals surface area contributed by atoms with Crippen LogP contribution >= 0.6 is 31.0 Å². The van der Waals surface area contributed by atoms with Crippen LogP contribution in [0.2, 0.25) is 10.0 Å². The molecule has 2 aromatic carbocycles. The molecule has 2 N–H and O–H groups in total. The Hall–Kier alpha value is -2.40. The highest BCUT2D eigenvalue weighted by atomic mass is 35.5. The molecule has 8 nitrogen and oxygen atoms in total. The average Bonchev–Trinajstić information content (AvgIpc) is 2.78. The number of alkyl halides is 3. The lowest BCUT2D eigenvalue weighted by Gasteiger charge is -2.24. The molecule has 188 valence electrons. The minimum atomic E-state index is -4.91. The smallest absolute Gasteiger partial charge is 0.456 e. The number of halogens is 5. The first kappa shape index (κ1) is 27.2. The standard InChI is InChI=1S/C21H19Cl2F3N3O5P/c1-2-17-19(23)20(28-12-27-17)29(34-35(30,31)32)10-9-13-3-6-15(7-4-13)33-18-8-5-14(11-16(18)22)21(24,25)26/h3-8,11-12H,2,9-10H2,1H3,(H2,30,31,32). The molecule has 3 rings (SSSR count). The van der Waals surface area contributed by atoms with Gasteiger partial charge < -0.3 is 14.5 Å². The first-order valence-corrected chi connectivity index (χ1v) is 12.3. The van der Waals surface area contributed by atoms with Crippen molar-refractivity contribution in [3.05, 3.63) is 75.7 Å². The van der Waals surface area contributed by atoms with Gasteiger partial charge in [0.05, 0.1) is 22.8 Å². The lowest BCUT2D eigenvalue weighted by molar-refractivity contribution is -0.137. The molecule has 14 heteroatoms. The molecule has 0 saturated heterocycles. The minimum Gasteiger partial charge on any atom is -0.456 e. The van der Waals surface area contributed by atoms with Gasteiger partial charge in [-0.15, -0.1) is 0 Å². The largest absolute Gasteiger partial charge is 0.491 e. The van der Waals surface area contributed by atoms with Crippen molar-refractivity contribution in [1.82, 2.24) is 9.97 Å². The van der Waals surface area contributed by atoms with Gasteiger partial charge in [0.1, 0.15) is 22.8 Å². The Labute approximate surface area is 208 Å². The highest BCUT2D eigenvalue weighted by molar-refractivity contribution is 7.46. The molecular formula is C21H19Cl2F3N3O5P. The van der Waals surface area contributed by atoms with Gasteiger partial charge in [-0.25, -0.2) is 19.6 Å². The molecule has 0 aliphatic heterocycles. The van der Waals surface area contributed by atoms with Crippen LogP contribution in [-0.4, -0.2) is 26.3 Å². The highest BCUT2D eigenvalue weighted by Crippen LogP contribution is 2.40. The molecule has 0 spiro atoms. The maximum absolute atomic E-state index is 12.8. The molecule has 0 aliphatic rings. The van der Waals surface area contributed by atoms with Gasteiger partial charge >= 0.3 is 14.0 Å². The van der Waals surface area contributed by atoms with E-state index in [4.69, 9.17) is 32.6 Å². The van der Waals surface area contributed by atoms with E-state index in [1.54, 1.807) is 24.3 Å². The third kappa shape index (κ3) is 7.54. The number of hydrogen-bond acceptors (Lipinski definition) is 6. The Morgan fingerprint density at radius 1 is 1.09 bits per heavy atom. The van der Waals surface area contributed by atoms with Crippen molar-refractivity contribution in [3.8, 4) is 11.5 Å². The molecule has 0 bridgehead atoms. The summed E-state index contributed by atoms with van der Waals surface area (Å²) in [6.07, 6.45) is -2.56. The first-order chi connectivity index (χ1) is 16.4. The molecular weight excluding hydrogens is 533 g/mol. The van der Waals surface area contributed by atoms with E-state index >= 15 is 0 Å². The van der Waals surface area contributed by atoms with E-state index in [1.165, 1.54) is 6.33 Å². The number of phosphoric acid groups is 1. The number of aryl methyl sites for hydroxylation is 1. The van der Waals surface area contributed by atoms with Crippen LogP contribution in [0, 0.1) is 0 Å². The lowest BCUT2D eigenvalue weighted by Crippen LogP contribution is -2.26. The van der Waals surface area contributed by atoms with Crippen LogP contribution in [0.15, 0.2) is 48.8 Å². The number of ether oxygens (including phenoxy) is 1. The van der Waals surface area contributed by atoms with E-state index in [2.05, 4.69) is 9.97 Å². The topological polar surface area (TPSA) is 105 Å². The molecule has 0 aliphatic carbocycles. The quantitative estimate of drug-likeness (QED) is 0.238. The zero-order valence-corrected chi connectivity index (χ0v) is 20.4. The van der Waals surface area contributed by atoms with E-state index in [1.807, 2.05) is 6.92 Å². The number of hydrogen-bond donors (Lipinski definition) is 2. The molecule has 0 radical (unpaired) electrons. The van der Waals surface area contributed by atoms with Crippen molar-refractivity contribution in [2.75, 3.05) is 11.6 Å². The van der Waals surface area contributed by atoms with Crippen LogP contribution in [0.5, 0.6) is 11.5 Å². The summed E-state index contributed by atoms with van der Waals surface area (Å²) < 4.78 is 60.2. The summed E-state index contributed by atoms with van der Waals surface area (Å²) in [5, 5.41) is 0.832. The monoisotopic (exact) mass is 551 g/mol. The fourth-order valence-electron chi connectivity index (χ4n) is 2.97. The van der Waals surface area contributed by atoms with E-state index in [9.17, 15) is 27.5 Å². The van der Waals surface area contributed by atoms with Gasteiger partial charge in [-0.1, -0.05) is 42.3 Å². The number of rotatable bonds is 9. The van der Waals surface area contributed by atoms with E-state index < -0.39 is 19.6 Å². The van der Waals surface area contributed by atoms with Gasteiger partial charge in [0.25, 0.3) is 0 Å². The highest BCUT2D eigenvalue weighted by Gasteiger charge is 2.31. The van der Waals surface area contributed by atoms with Crippen LogP contribution < -0.4 is 9.80 Å². The zero-order chi connectivity index (χ0) is 25.8. The number of hydroxylamine groups is 1. The second-order valence-electron chi connectivity index (χ2n) is 7.12. The summed E-state index contributed by atoms with van der Waals surface area (Å²) in [4.78, 5) is 26.6. The second kappa shape index (κ2) is 11.1. The van der Waals surface area contributed by atoms with Gasteiger partial charge in [-0.3, -0.25) is 0 Å². The molecule has 3 aromatic rings. The van der Waals surface area contributed by atoms with Gasteiger partial charge in [0.2, 0.25) is 0 Å².